The summed E-state index contributed by atoms with van der Waals surface area (Å²) in [4.78, 5) is 11.8. The molecule has 1 heterocycles. The SMILES string of the molecule is Cn1nnnc1SCC(=O)Nc1ccc(Cl)cc1C(F)(F)F. The van der Waals surface area contributed by atoms with Crippen molar-refractivity contribution in [1.82, 2.24) is 20.2 Å². The van der Waals surface area contributed by atoms with E-state index in [1.54, 1.807) is 7.05 Å². The number of nitrogens with zero attached hydrogens (tertiary/aromatic N) is 4. The fourth-order valence-corrected chi connectivity index (χ4v) is 2.34. The lowest BCUT2D eigenvalue weighted by molar-refractivity contribution is -0.137. The van der Waals surface area contributed by atoms with Gasteiger partial charge in [-0.25, -0.2) is 4.68 Å². The Morgan fingerprint density at radius 1 is 1.45 bits per heavy atom. The fourth-order valence-electron chi connectivity index (χ4n) is 1.52. The Morgan fingerprint density at radius 3 is 2.77 bits per heavy atom. The topological polar surface area (TPSA) is 72.7 Å². The summed E-state index contributed by atoms with van der Waals surface area (Å²) < 4.78 is 40.0. The maximum Gasteiger partial charge on any atom is 0.418 e. The molecule has 0 bridgehead atoms. The third-order valence-electron chi connectivity index (χ3n) is 2.47. The molecule has 0 unspecified atom stereocenters. The molecule has 1 N–H and O–H groups in total. The fraction of sp³-hybridized carbons (Fsp3) is 0.273. The molecule has 0 saturated heterocycles. The quantitative estimate of drug-likeness (QED) is 0.857. The van der Waals surface area contributed by atoms with Crippen molar-refractivity contribution in [2.24, 2.45) is 7.05 Å². The number of carbonyl (C=O) groups excluding carboxylic acids is 1. The molecule has 1 amide bonds. The number of tetrazole rings is 1. The molecule has 0 atom stereocenters. The minimum atomic E-state index is -4.62. The average Bonchev–Trinajstić information content (AvgIpc) is 2.83. The van der Waals surface area contributed by atoms with E-state index in [0.29, 0.717) is 5.16 Å². The van der Waals surface area contributed by atoms with Gasteiger partial charge in [0.2, 0.25) is 11.1 Å². The van der Waals surface area contributed by atoms with Crippen molar-refractivity contribution in [2.45, 2.75) is 11.3 Å². The number of benzene rings is 1. The summed E-state index contributed by atoms with van der Waals surface area (Å²) in [6.07, 6.45) is -4.62. The van der Waals surface area contributed by atoms with Crippen molar-refractivity contribution < 1.29 is 18.0 Å². The van der Waals surface area contributed by atoms with E-state index in [1.165, 1.54) is 10.7 Å². The van der Waals surface area contributed by atoms with Gasteiger partial charge in [-0.3, -0.25) is 4.79 Å². The largest absolute Gasteiger partial charge is 0.418 e. The summed E-state index contributed by atoms with van der Waals surface area (Å²) in [5, 5.41) is 13.1. The van der Waals surface area contributed by atoms with E-state index in [-0.39, 0.29) is 16.5 Å². The molecule has 0 aliphatic carbocycles. The highest BCUT2D eigenvalue weighted by Gasteiger charge is 2.34. The van der Waals surface area contributed by atoms with Crippen LogP contribution in [0.25, 0.3) is 0 Å². The molecule has 0 saturated carbocycles. The van der Waals surface area contributed by atoms with Crippen LogP contribution in [0.15, 0.2) is 23.4 Å². The predicted octanol–water partition coefficient (Wildman–Crippen LogP) is 2.61. The van der Waals surface area contributed by atoms with Crippen LogP contribution in [0.4, 0.5) is 18.9 Å². The smallest absolute Gasteiger partial charge is 0.325 e. The first-order valence-electron chi connectivity index (χ1n) is 5.79. The first-order valence-corrected chi connectivity index (χ1v) is 7.15. The number of aryl methyl sites for hydroxylation is 1. The normalized spacial score (nSPS) is 11.5. The monoisotopic (exact) mass is 351 g/mol. The Morgan fingerprint density at radius 2 is 2.18 bits per heavy atom. The van der Waals surface area contributed by atoms with Gasteiger partial charge in [0.15, 0.2) is 0 Å². The number of nitrogens with one attached hydrogen (secondary N) is 1. The second kappa shape index (κ2) is 6.53. The van der Waals surface area contributed by atoms with Crippen molar-refractivity contribution in [3.63, 3.8) is 0 Å². The van der Waals surface area contributed by atoms with E-state index in [0.717, 1.165) is 23.9 Å². The number of aromatic nitrogens is 4. The molecule has 22 heavy (non-hydrogen) atoms. The summed E-state index contributed by atoms with van der Waals surface area (Å²) in [5.41, 5.74) is -1.35. The summed E-state index contributed by atoms with van der Waals surface area (Å²) in [7, 11) is 1.58. The minimum Gasteiger partial charge on any atom is -0.325 e. The van der Waals surface area contributed by atoms with Gasteiger partial charge in [0, 0.05) is 12.1 Å². The second-order valence-corrected chi connectivity index (χ2v) is 5.49. The van der Waals surface area contributed by atoms with Gasteiger partial charge in [-0.1, -0.05) is 23.4 Å². The Hall–Kier alpha value is -1.81. The van der Waals surface area contributed by atoms with E-state index in [1.807, 2.05) is 0 Å². The Balaban J connectivity index is 2.07. The number of halogens is 4. The van der Waals surface area contributed by atoms with E-state index < -0.39 is 17.6 Å². The zero-order valence-corrected chi connectivity index (χ0v) is 12.6. The van der Waals surface area contributed by atoms with Gasteiger partial charge < -0.3 is 5.32 Å². The van der Waals surface area contributed by atoms with Crippen molar-refractivity contribution in [2.75, 3.05) is 11.1 Å². The summed E-state index contributed by atoms with van der Waals surface area (Å²) >= 11 is 6.57. The second-order valence-electron chi connectivity index (χ2n) is 4.11. The molecule has 0 spiro atoms. The number of rotatable bonds is 4. The van der Waals surface area contributed by atoms with Crippen LogP contribution in [0, 0.1) is 0 Å². The molecule has 11 heteroatoms. The Kier molecular flexibility index (Phi) is 4.91. The van der Waals surface area contributed by atoms with Gasteiger partial charge in [-0.15, -0.1) is 5.10 Å². The molecule has 1 aromatic carbocycles. The van der Waals surface area contributed by atoms with Gasteiger partial charge >= 0.3 is 6.18 Å². The van der Waals surface area contributed by atoms with Crippen LogP contribution in [0.5, 0.6) is 0 Å². The summed E-state index contributed by atoms with van der Waals surface area (Å²) in [5.74, 6) is -0.741. The average molecular weight is 352 g/mol. The first kappa shape index (κ1) is 16.6. The molecule has 118 valence electrons. The van der Waals surface area contributed by atoms with Crippen molar-refractivity contribution in [3.05, 3.63) is 28.8 Å². The number of hydrogen-bond acceptors (Lipinski definition) is 5. The Labute approximate surface area is 132 Å². The maximum absolute atomic E-state index is 12.9. The van der Waals surface area contributed by atoms with Crippen LogP contribution in [0.2, 0.25) is 5.02 Å². The van der Waals surface area contributed by atoms with Crippen molar-refractivity contribution >= 4 is 35.0 Å². The van der Waals surface area contributed by atoms with Gasteiger partial charge in [0.25, 0.3) is 0 Å². The lowest BCUT2D eigenvalue weighted by Crippen LogP contribution is -2.18. The molecule has 0 radical (unpaired) electrons. The third kappa shape index (κ3) is 4.10. The van der Waals surface area contributed by atoms with Crippen LogP contribution in [-0.4, -0.2) is 31.9 Å². The molecular formula is C11H9ClF3N5OS. The minimum absolute atomic E-state index is 0.0649. The highest BCUT2D eigenvalue weighted by molar-refractivity contribution is 7.99. The van der Waals surface area contributed by atoms with Gasteiger partial charge in [0.1, 0.15) is 0 Å². The van der Waals surface area contributed by atoms with Gasteiger partial charge in [-0.2, -0.15) is 13.2 Å². The zero-order chi connectivity index (χ0) is 16.3. The number of carbonyl (C=O) groups is 1. The molecule has 2 rings (SSSR count). The lowest BCUT2D eigenvalue weighted by atomic mass is 10.1. The number of thioether (sulfide) groups is 1. The van der Waals surface area contributed by atoms with E-state index in [9.17, 15) is 18.0 Å². The van der Waals surface area contributed by atoms with E-state index >= 15 is 0 Å². The molecule has 2 aromatic rings. The molecule has 6 nitrogen and oxygen atoms in total. The first-order chi connectivity index (χ1) is 10.3. The van der Waals surface area contributed by atoms with E-state index in [2.05, 4.69) is 20.8 Å². The van der Waals surface area contributed by atoms with Crippen LogP contribution in [0.3, 0.4) is 0 Å². The summed E-state index contributed by atoms with van der Waals surface area (Å²) in [6, 6.07) is 3.14. The number of hydrogen-bond donors (Lipinski definition) is 1. The Bertz CT molecular complexity index is 691. The number of anilines is 1. The number of alkyl halides is 3. The molecule has 0 aliphatic heterocycles. The summed E-state index contributed by atoms with van der Waals surface area (Å²) in [6.45, 7) is 0. The highest BCUT2D eigenvalue weighted by atomic mass is 35.5. The van der Waals surface area contributed by atoms with Gasteiger partial charge in [0.05, 0.1) is 17.0 Å². The molecule has 1 aromatic heterocycles. The van der Waals surface area contributed by atoms with Crippen LogP contribution in [-0.2, 0) is 18.0 Å². The third-order valence-corrected chi connectivity index (χ3v) is 3.72. The predicted molar refractivity (Wildman–Crippen MR) is 74.6 cm³/mol. The molecule has 0 fully saturated rings. The molecule has 0 aliphatic rings. The standard InChI is InChI=1S/C11H9ClF3N5OS/c1-20-10(17-18-19-20)22-5-9(21)16-8-3-2-6(12)4-7(8)11(13,14)15/h2-4H,5H2,1H3,(H,16,21). The lowest BCUT2D eigenvalue weighted by Gasteiger charge is -2.14. The zero-order valence-electron chi connectivity index (χ0n) is 11.1. The van der Waals surface area contributed by atoms with Crippen LogP contribution in [0.1, 0.15) is 5.56 Å². The molecular weight excluding hydrogens is 343 g/mol. The van der Waals surface area contributed by atoms with Gasteiger partial charge in [-0.05, 0) is 28.6 Å². The highest BCUT2D eigenvalue weighted by Crippen LogP contribution is 2.36. The van der Waals surface area contributed by atoms with Crippen LogP contribution < -0.4 is 5.32 Å². The van der Waals surface area contributed by atoms with E-state index in [4.69, 9.17) is 11.6 Å². The number of amides is 1. The van der Waals surface area contributed by atoms with Crippen molar-refractivity contribution in [3.8, 4) is 0 Å². The maximum atomic E-state index is 12.9. The van der Waals surface area contributed by atoms with Crippen LogP contribution >= 0.6 is 23.4 Å². The van der Waals surface area contributed by atoms with Crippen molar-refractivity contribution in [1.29, 1.82) is 0 Å².